The van der Waals surface area contributed by atoms with Crippen LogP contribution in [0.4, 0.5) is 0 Å². The van der Waals surface area contributed by atoms with Crippen LogP contribution in [0, 0.1) is 18.3 Å². The van der Waals surface area contributed by atoms with Gasteiger partial charge in [-0.25, -0.2) is 0 Å². The highest BCUT2D eigenvalue weighted by Crippen LogP contribution is 2.45. The van der Waals surface area contributed by atoms with Gasteiger partial charge in [-0.2, -0.15) is 5.26 Å². The third kappa shape index (κ3) is 3.62. The molecule has 1 aliphatic heterocycles. The maximum absolute atomic E-state index is 12.8. The predicted molar refractivity (Wildman–Crippen MR) is 108 cm³/mol. The average molecular weight is 386 g/mol. The molecule has 0 radical (unpaired) electrons. The van der Waals surface area contributed by atoms with E-state index in [0.717, 1.165) is 17.5 Å². The molecule has 2 aliphatic rings. The Balaban J connectivity index is 1.73. The number of ketones is 1. The van der Waals surface area contributed by atoms with Crippen LogP contribution in [0.3, 0.4) is 0 Å². The molecule has 0 spiro atoms. The summed E-state index contributed by atoms with van der Waals surface area (Å²) >= 11 is 0. The lowest BCUT2D eigenvalue weighted by Gasteiger charge is -2.31. The van der Waals surface area contributed by atoms with Crippen molar-refractivity contribution in [3.8, 4) is 11.8 Å². The summed E-state index contributed by atoms with van der Waals surface area (Å²) in [5.74, 6) is 0.719. The second kappa shape index (κ2) is 7.84. The summed E-state index contributed by atoms with van der Waals surface area (Å²) in [7, 11) is 0. The Bertz CT molecular complexity index is 1060. The highest BCUT2D eigenvalue weighted by Gasteiger charge is 2.39. The first-order valence-corrected chi connectivity index (χ1v) is 9.69. The second-order valence-corrected chi connectivity index (χ2v) is 7.35. The number of nitrogens with two attached hydrogens (primary N) is 1. The van der Waals surface area contributed by atoms with Gasteiger partial charge in [0.05, 0.1) is 5.92 Å². The molecule has 0 aromatic heterocycles. The Labute approximate surface area is 170 Å². The molecule has 0 saturated heterocycles. The van der Waals surface area contributed by atoms with E-state index in [1.54, 1.807) is 0 Å². The smallest absolute Gasteiger partial charge is 0.205 e. The molecule has 0 saturated carbocycles. The van der Waals surface area contributed by atoms with E-state index in [-0.39, 0.29) is 17.2 Å². The number of allylic oxidation sites excluding steroid dienone is 3. The zero-order chi connectivity index (χ0) is 20.4. The number of nitrogens with zero attached hydrogens (tertiary/aromatic N) is 1. The van der Waals surface area contributed by atoms with E-state index in [9.17, 15) is 10.1 Å². The Kier molecular flexibility index (Phi) is 5.09. The highest BCUT2D eigenvalue weighted by molar-refractivity contribution is 5.99. The Morgan fingerprint density at radius 1 is 1.17 bits per heavy atom. The topological polar surface area (TPSA) is 85.3 Å². The van der Waals surface area contributed by atoms with Gasteiger partial charge in [0.15, 0.2) is 5.78 Å². The molecule has 5 heteroatoms. The number of hydrogen-bond acceptors (Lipinski definition) is 5. The molecule has 0 bridgehead atoms. The van der Waals surface area contributed by atoms with E-state index in [1.807, 2.05) is 55.5 Å². The standard InChI is InChI=1S/C24H22N2O3/c1-15-9-11-16(12-10-15)14-28-20-7-3-2-5-17(20)22-18(13-25)24(26)29-21-8-4-6-19(27)23(21)22/h2-3,5,7,9-12,22H,4,6,8,14,26H2,1H3/t22-/m0/s1. The molecular weight excluding hydrogens is 364 g/mol. The predicted octanol–water partition coefficient (Wildman–Crippen LogP) is 4.39. The minimum absolute atomic E-state index is 0.00448. The average Bonchev–Trinajstić information content (AvgIpc) is 2.73. The third-order valence-corrected chi connectivity index (χ3v) is 5.35. The van der Waals surface area contributed by atoms with Crippen LogP contribution in [0.25, 0.3) is 0 Å². The van der Waals surface area contributed by atoms with Gasteiger partial charge < -0.3 is 15.2 Å². The minimum Gasteiger partial charge on any atom is -0.489 e. The summed E-state index contributed by atoms with van der Waals surface area (Å²) < 4.78 is 11.8. The van der Waals surface area contributed by atoms with Gasteiger partial charge in [-0.05, 0) is 25.0 Å². The van der Waals surface area contributed by atoms with E-state index in [2.05, 4.69) is 6.07 Å². The zero-order valence-electron chi connectivity index (χ0n) is 16.3. The van der Waals surface area contributed by atoms with Gasteiger partial charge in [-0.15, -0.1) is 0 Å². The zero-order valence-corrected chi connectivity index (χ0v) is 16.3. The van der Waals surface area contributed by atoms with Gasteiger partial charge in [0.1, 0.15) is 29.8 Å². The monoisotopic (exact) mass is 386 g/mol. The van der Waals surface area contributed by atoms with Crippen LogP contribution in [-0.2, 0) is 16.1 Å². The van der Waals surface area contributed by atoms with Gasteiger partial charge >= 0.3 is 0 Å². The first kappa shape index (κ1) is 18.8. The lowest BCUT2D eigenvalue weighted by atomic mass is 9.77. The van der Waals surface area contributed by atoms with Gasteiger partial charge in [-0.1, -0.05) is 48.0 Å². The van der Waals surface area contributed by atoms with E-state index in [0.29, 0.717) is 36.5 Å². The largest absolute Gasteiger partial charge is 0.489 e. The maximum Gasteiger partial charge on any atom is 0.205 e. The molecule has 1 atom stereocenters. The number of hydrogen-bond donors (Lipinski definition) is 1. The van der Waals surface area contributed by atoms with Gasteiger partial charge in [0.25, 0.3) is 0 Å². The summed E-state index contributed by atoms with van der Waals surface area (Å²) in [5.41, 5.74) is 9.82. The van der Waals surface area contributed by atoms with Crippen LogP contribution in [0.15, 0.2) is 71.3 Å². The number of carbonyl (C=O) groups excluding carboxylic acids is 1. The first-order valence-electron chi connectivity index (χ1n) is 9.69. The van der Waals surface area contributed by atoms with E-state index in [4.69, 9.17) is 15.2 Å². The Hall–Kier alpha value is -3.52. The van der Waals surface area contributed by atoms with Crippen LogP contribution >= 0.6 is 0 Å². The number of rotatable bonds is 4. The van der Waals surface area contributed by atoms with Crippen molar-refractivity contribution in [1.29, 1.82) is 5.26 Å². The number of ether oxygens (including phenoxy) is 2. The fourth-order valence-corrected chi connectivity index (χ4v) is 3.86. The van der Waals surface area contributed by atoms with E-state index >= 15 is 0 Å². The molecule has 146 valence electrons. The summed E-state index contributed by atoms with van der Waals surface area (Å²) in [5, 5.41) is 9.75. The number of para-hydroxylation sites is 1. The lowest BCUT2D eigenvalue weighted by molar-refractivity contribution is -0.116. The molecule has 1 heterocycles. The van der Waals surface area contributed by atoms with Crippen LogP contribution < -0.4 is 10.5 Å². The quantitative estimate of drug-likeness (QED) is 0.842. The molecule has 4 rings (SSSR count). The van der Waals surface area contributed by atoms with Crippen molar-refractivity contribution >= 4 is 5.78 Å². The van der Waals surface area contributed by atoms with Gasteiger partial charge in [0.2, 0.25) is 5.88 Å². The fourth-order valence-electron chi connectivity index (χ4n) is 3.86. The van der Waals surface area contributed by atoms with Crippen molar-refractivity contribution in [3.05, 3.63) is 88.0 Å². The van der Waals surface area contributed by atoms with Gasteiger partial charge in [0, 0.05) is 24.0 Å². The van der Waals surface area contributed by atoms with Crippen molar-refractivity contribution in [2.45, 2.75) is 38.7 Å². The van der Waals surface area contributed by atoms with E-state index in [1.165, 1.54) is 5.56 Å². The summed E-state index contributed by atoms with van der Waals surface area (Å²) in [4.78, 5) is 12.8. The molecular formula is C24H22N2O3. The highest BCUT2D eigenvalue weighted by atomic mass is 16.5. The van der Waals surface area contributed by atoms with Crippen LogP contribution in [0.5, 0.6) is 5.75 Å². The van der Waals surface area contributed by atoms with Crippen LogP contribution in [-0.4, -0.2) is 5.78 Å². The summed E-state index contributed by atoms with van der Waals surface area (Å²) in [6, 6.07) is 17.8. The Morgan fingerprint density at radius 3 is 2.69 bits per heavy atom. The molecule has 0 fully saturated rings. The maximum atomic E-state index is 12.8. The number of benzene rings is 2. The molecule has 5 nitrogen and oxygen atoms in total. The fraction of sp³-hybridized carbons (Fsp3) is 0.250. The number of Topliss-reactive ketones (excluding diaryl/α,β-unsaturated/α-hetero) is 1. The molecule has 2 aromatic carbocycles. The van der Waals surface area contributed by atoms with Crippen molar-refractivity contribution in [2.24, 2.45) is 5.73 Å². The molecule has 0 unspecified atom stereocenters. The molecule has 0 amide bonds. The number of aryl methyl sites for hydroxylation is 1. The van der Waals surface area contributed by atoms with Crippen LogP contribution in [0.1, 0.15) is 41.9 Å². The number of nitriles is 1. The van der Waals surface area contributed by atoms with Crippen molar-refractivity contribution in [1.82, 2.24) is 0 Å². The van der Waals surface area contributed by atoms with Crippen LogP contribution in [0.2, 0.25) is 0 Å². The van der Waals surface area contributed by atoms with Crippen molar-refractivity contribution in [2.75, 3.05) is 0 Å². The summed E-state index contributed by atoms with van der Waals surface area (Å²) in [6.45, 7) is 2.43. The molecule has 2 aromatic rings. The van der Waals surface area contributed by atoms with E-state index < -0.39 is 5.92 Å². The van der Waals surface area contributed by atoms with Crippen molar-refractivity contribution < 1.29 is 14.3 Å². The lowest BCUT2D eigenvalue weighted by Crippen LogP contribution is -2.27. The summed E-state index contributed by atoms with van der Waals surface area (Å²) in [6.07, 6.45) is 1.82. The third-order valence-electron chi connectivity index (χ3n) is 5.35. The Morgan fingerprint density at radius 2 is 1.93 bits per heavy atom. The molecule has 2 N–H and O–H groups in total. The number of carbonyl (C=O) groups is 1. The molecule has 1 aliphatic carbocycles. The normalized spacial score (nSPS) is 18.8. The first-order chi connectivity index (χ1) is 14.1. The minimum atomic E-state index is -0.564. The van der Waals surface area contributed by atoms with Gasteiger partial charge in [-0.3, -0.25) is 4.79 Å². The SMILES string of the molecule is Cc1ccc(COc2ccccc2[C@H]2C(C#N)=C(N)OC3=C2C(=O)CCC3)cc1. The molecule has 29 heavy (non-hydrogen) atoms. The second-order valence-electron chi connectivity index (χ2n) is 7.35. The van der Waals surface area contributed by atoms with Crippen molar-refractivity contribution in [3.63, 3.8) is 0 Å².